The van der Waals surface area contributed by atoms with E-state index < -0.39 is 5.97 Å². The van der Waals surface area contributed by atoms with Crippen molar-refractivity contribution in [2.75, 3.05) is 7.11 Å². The zero-order valence-electron chi connectivity index (χ0n) is 12.1. The van der Waals surface area contributed by atoms with Gasteiger partial charge in [-0.25, -0.2) is 0 Å². The van der Waals surface area contributed by atoms with Gasteiger partial charge in [0.1, 0.15) is 17.6 Å². The fraction of sp³-hybridized carbons (Fsp3) is 0.467. The molecule has 1 unspecified atom stereocenters. The first-order chi connectivity index (χ1) is 9.99. The Kier molecular flexibility index (Phi) is 4.67. The van der Waals surface area contributed by atoms with E-state index in [1.54, 1.807) is 7.11 Å². The molecule has 1 amide bonds. The van der Waals surface area contributed by atoms with Gasteiger partial charge >= 0.3 is 5.97 Å². The standard InChI is InChI=1S/C15H19NO5/c1-9-5-10-6-12(20-2)11(7-13(10)21-9)8-16-14(17)3-4-15(18)19/h6-7,9H,3-5,8H2,1-2H3,(H,16,17)(H,18,19). The number of fused-ring (bicyclic) bond motifs is 1. The second-order valence-corrected chi connectivity index (χ2v) is 5.07. The molecule has 0 bridgehead atoms. The van der Waals surface area contributed by atoms with Crippen LogP contribution in [0, 0.1) is 0 Å². The van der Waals surface area contributed by atoms with Gasteiger partial charge in [-0.2, -0.15) is 0 Å². The molecule has 0 aromatic heterocycles. The number of carbonyl (C=O) groups excluding carboxylic acids is 1. The first-order valence-electron chi connectivity index (χ1n) is 6.84. The topological polar surface area (TPSA) is 84.9 Å². The molecule has 2 rings (SSSR count). The second kappa shape index (κ2) is 6.47. The van der Waals surface area contributed by atoms with Gasteiger partial charge in [-0.3, -0.25) is 9.59 Å². The van der Waals surface area contributed by atoms with Crippen LogP contribution in [0.2, 0.25) is 0 Å². The molecule has 0 fully saturated rings. The van der Waals surface area contributed by atoms with Gasteiger partial charge < -0.3 is 19.9 Å². The van der Waals surface area contributed by atoms with Crippen LogP contribution >= 0.6 is 0 Å². The van der Waals surface area contributed by atoms with Gasteiger partial charge in [0.25, 0.3) is 0 Å². The van der Waals surface area contributed by atoms with Gasteiger partial charge in [0.15, 0.2) is 0 Å². The summed E-state index contributed by atoms with van der Waals surface area (Å²) in [5, 5.41) is 11.2. The van der Waals surface area contributed by atoms with E-state index >= 15 is 0 Å². The molecular formula is C15H19NO5. The van der Waals surface area contributed by atoms with Crippen molar-refractivity contribution in [2.45, 2.75) is 38.8 Å². The summed E-state index contributed by atoms with van der Waals surface area (Å²) in [6, 6.07) is 3.80. The molecule has 0 spiro atoms. The number of carbonyl (C=O) groups is 2. The van der Waals surface area contributed by atoms with Crippen LogP contribution in [0.25, 0.3) is 0 Å². The Balaban J connectivity index is 2.01. The minimum atomic E-state index is -0.984. The third-order valence-corrected chi connectivity index (χ3v) is 3.34. The Bertz CT molecular complexity index is 555. The molecule has 21 heavy (non-hydrogen) atoms. The van der Waals surface area contributed by atoms with Crippen LogP contribution < -0.4 is 14.8 Å². The fourth-order valence-electron chi connectivity index (χ4n) is 2.31. The van der Waals surface area contributed by atoms with E-state index in [1.165, 1.54) is 0 Å². The number of aliphatic carboxylic acids is 1. The van der Waals surface area contributed by atoms with E-state index in [0.29, 0.717) is 5.75 Å². The number of rotatable bonds is 6. The Labute approximate surface area is 123 Å². The monoisotopic (exact) mass is 293 g/mol. The Hall–Kier alpha value is -2.24. The predicted molar refractivity (Wildman–Crippen MR) is 75.5 cm³/mol. The second-order valence-electron chi connectivity index (χ2n) is 5.07. The zero-order chi connectivity index (χ0) is 15.4. The molecule has 6 nitrogen and oxygen atoms in total. The van der Waals surface area contributed by atoms with Crippen LogP contribution in [0.3, 0.4) is 0 Å². The van der Waals surface area contributed by atoms with Crippen LogP contribution in [0.15, 0.2) is 12.1 Å². The molecule has 0 saturated carbocycles. The lowest BCUT2D eigenvalue weighted by Gasteiger charge is -2.12. The summed E-state index contributed by atoms with van der Waals surface area (Å²) in [4.78, 5) is 22.0. The number of ether oxygens (including phenoxy) is 2. The lowest BCUT2D eigenvalue weighted by Crippen LogP contribution is -2.23. The smallest absolute Gasteiger partial charge is 0.303 e. The van der Waals surface area contributed by atoms with E-state index in [4.69, 9.17) is 14.6 Å². The van der Waals surface area contributed by atoms with Crippen LogP contribution in [-0.2, 0) is 22.6 Å². The molecule has 1 aliphatic rings. The molecule has 1 aliphatic heterocycles. The summed E-state index contributed by atoms with van der Waals surface area (Å²) < 4.78 is 11.0. The Morgan fingerprint density at radius 3 is 2.86 bits per heavy atom. The summed E-state index contributed by atoms with van der Waals surface area (Å²) in [5.74, 6) is 0.236. The van der Waals surface area contributed by atoms with Gasteiger partial charge in [-0.15, -0.1) is 0 Å². The van der Waals surface area contributed by atoms with E-state index in [2.05, 4.69) is 5.32 Å². The number of methoxy groups -OCH3 is 1. The molecule has 6 heteroatoms. The highest BCUT2D eigenvalue weighted by Crippen LogP contribution is 2.34. The highest BCUT2D eigenvalue weighted by Gasteiger charge is 2.21. The average Bonchev–Trinajstić information content (AvgIpc) is 2.80. The molecule has 1 aromatic carbocycles. The van der Waals surface area contributed by atoms with E-state index in [1.807, 2.05) is 19.1 Å². The Morgan fingerprint density at radius 2 is 2.19 bits per heavy atom. The quantitative estimate of drug-likeness (QED) is 0.830. The minimum Gasteiger partial charge on any atom is -0.496 e. The maximum Gasteiger partial charge on any atom is 0.303 e. The number of nitrogens with one attached hydrogen (secondary N) is 1. The first kappa shape index (κ1) is 15.2. The maximum atomic E-state index is 11.6. The van der Waals surface area contributed by atoms with Gasteiger partial charge in [0.05, 0.1) is 13.5 Å². The summed E-state index contributed by atoms with van der Waals surface area (Å²) in [6.45, 7) is 2.28. The van der Waals surface area contributed by atoms with Gasteiger partial charge in [-0.1, -0.05) is 0 Å². The largest absolute Gasteiger partial charge is 0.496 e. The van der Waals surface area contributed by atoms with Crippen molar-refractivity contribution in [1.82, 2.24) is 5.32 Å². The summed E-state index contributed by atoms with van der Waals surface area (Å²) >= 11 is 0. The van der Waals surface area contributed by atoms with Crippen molar-refractivity contribution >= 4 is 11.9 Å². The molecule has 1 atom stereocenters. The third-order valence-electron chi connectivity index (χ3n) is 3.34. The molecule has 1 heterocycles. The van der Waals surface area contributed by atoms with Crippen molar-refractivity contribution in [3.05, 3.63) is 23.3 Å². The lowest BCUT2D eigenvalue weighted by molar-refractivity contribution is -0.138. The molecule has 2 N–H and O–H groups in total. The normalized spacial score (nSPS) is 16.0. The zero-order valence-corrected chi connectivity index (χ0v) is 12.1. The number of carboxylic acids is 1. The van der Waals surface area contributed by atoms with Crippen molar-refractivity contribution in [3.8, 4) is 11.5 Å². The molecule has 0 aliphatic carbocycles. The third kappa shape index (κ3) is 3.87. The summed E-state index contributed by atoms with van der Waals surface area (Å²) in [7, 11) is 1.58. The van der Waals surface area contributed by atoms with Crippen LogP contribution in [0.5, 0.6) is 11.5 Å². The molecule has 0 saturated heterocycles. The number of benzene rings is 1. The van der Waals surface area contributed by atoms with Crippen molar-refractivity contribution < 1.29 is 24.2 Å². The summed E-state index contributed by atoms with van der Waals surface area (Å²) in [6.07, 6.45) is 0.783. The van der Waals surface area contributed by atoms with Gasteiger partial charge in [0, 0.05) is 30.5 Å². The highest BCUT2D eigenvalue weighted by atomic mass is 16.5. The van der Waals surface area contributed by atoms with Crippen LogP contribution in [0.1, 0.15) is 30.9 Å². The van der Waals surface area contributed by atoms with E-state index in [0.717, 1.165) is 23.3 Å². The maximum absolute atomic E-state index is 11.6. The van der Waals surface area contributed by atoms with E-state index in [9.17, 15) is 9.59 Å². The van der Waals surface area contributed by atoms with Crippen LogP contribution in [-0.4, -0.2) is 30.2 Å². The van der Waals surface area contributed by atoms with E-state index in [-0.39, 0.29) is 31.4 Å². The molecule has 0 radical (unpaired) electrons. The fourth-order valence-corrected chi connectivity index (χ4v) is 2.31. The molecular weight excluding hydrogens is 274 g/mol. The highest BCUT2D eigenvalue weighted by molar-refractivity contribution is 5.80. The Morgan fingerprint density at radius 1 is 1.43 bits per heavy atom. The van der Waals surface area contributed by atoms with Crippen molar-refractivity contribution in [2.24, 2.45) is 0 Å². The van der Waals surface area contributed by atoms with Gasteiger partial charge in [0.2, 0.25) is 5.91 Å². The van der Waals surface area contributed by atoms with Gasteiger partial charge in [-0.05, 0) is 19.1 Å². The number of amides is 1. The van der Waals surface area contributed by atoms with Crippen LogP contribution in [0.4, 0.5) is 0 Å². The number of hydrogen-bond donors (Lipinski definition) is 2. The minimum absolute atomic E-state index is 0.0316. The number of hydrogen-bond acceptors (Lipinski definition) is 4. The van der Waals surface area contributed by atoms with Crippen molar-refractivity contribution in [1.29, 1.82) is 0 Å². The first-order valence-corrected chi connectivity index (χ1v) is 6.84. The average molecular weight is 293 g/mol. The molecule has 1 aromatic rings. The predicted octanol–water partition coefficient (Wildman–Crippen LogP) is 1.50. The lowest BCUT2D eigenvalue weighted by atomic mass is 10.1. The number of carboxylic acid groups (broad SMARTS) is 1. The molecule has 114 valence electrons. The van der Waals surface area contributed by atoms with Crippen molar-refractivity contribution in [3.63, 3.8) is 0 Å². The SMILES string of the molecule is COc1cc2c(cc1CNC(=O)CCC(=O)O)OC(C)C2. The summed E-state index contributed by atoms with van der Waals surface area (Å²) in [5.41, 5.74) is 1.91.